The number of carbonyl (C=O) groups excluding carboxylic acids is 1. The molecule has 1 amide bonds. The van der Waals surface area contributed by atoms with E-state index >= 15 is 0 Å². The van der Waals surface area contributed by atoms with Gasteiger partial charge in [0.1, 0.15) is 0 Å². The van der Waals surface area contributed by atoms with Gasteiger partial charge in [-0.3, -0.25) is 9.69 Å². The molecule has 1 unspecified atom stereocenters. The van der Waals surface area contributed by atoms with Crippen LogP contribution in [0.15, 0.2) is 54.6 Å². The Hall–Kier alpha value is -2.34. The van der Waals surface area contributed by atoms with Crippen LogP contribution in [0.25, 0.3) is 0 Å². The molecule has 1 aliphatic carbocycles. The fourth-order valence-corrected chi connectivity index (χ4v) is 5.73. The van der Waals surface area contributed by atoms with E-state index in [4.69, 9.17) is 0 Å². The summed E-state index contributed by atoms with van der Waals surface area (Å²) in [6.07, 6.45) is -2.32. The highest BCUT2D eigenvalue weighted by molar-refractivity contribution is 5.84. The zero-order valence-electron chi connectivity index (χ0n) is 19.5. The Balaban J connectivity index is 1.41. The highest BCUT2D eigenvalue weighted by atomic mass is 19.4. The van der Waals surface area contributed by atoms with Gasteiger partial charge in [0.15, 0.2) is 0 Å². The predicted octanol–water partition coefficient (Wildman–Crippen LogP) is 5.86. The van der Waals surface area contributed by atoms with Crippen LogP contribution in [0.5, 0.6) is 0 Å². The molecular weight excluding hydrogens is 425 g/mol. The lowest BCUT2D eigenvalue weighted by molar-refractivity contribution is -0.137. The maximum Gasteiger partial charge on any atom is 0.416 e. The van der Waals surface area contributed by atoms with Crippen LogP contribution in [0, 0.1) is 17.3 Å². The Labute approximate surface area is 194 Å². The van der Waals surface area contributed by atoms with Crippen LogP contribution >= 0.6 is 0 Å². The molecule has 3 nitrogen and oxygen atoms in total. The van der Waals surface area contributed by atoms with Crippen molar-refractivity contribution in [2.75, 3.05) is 13.1 Å². The van der Waals surface area contributed by atoms with Crippen molar-refractivity contribution in [3.63, 3.8) is 0 Å². The van der Waals surface area contributed by atoms with E-state index in [0.29, 0.717) is 23.9 Å². The predicted molar refractivity (Wildman–Crippen MR) is 124 cm³/mol. The van der Waals surface area contributed by atoms with E-state index in [9.17, 15) is 18.0 Å². The summed E-state index contributed by atoms with van der Waals surface area (Å²) in [5.41, 5.74) is 0.893. The minimum absolute atomic E-state index is 0.0654. The first-order valence-corrected chi connectivity index (χ1v) is 11.8. The summed E-state index contributed by atoms with van der Waals surface area (Å²) in [5.74, 6) is 0.651. The second kappa shape index (κ2) is 9.13. The molecule has 2 aromatic rings. The highest BCUT2D eigenvalue weighted by Crippen LogP contribution is 2.41. The number of nitrogens with one attached hydrogen (secondary N) is 1. The number of hydrogen-bond donors (Lipinski definition) is 1. The maximum atomic E-state index is 13.4. The SMILES string of the molecule is CC(C)(C)C(C(=O)N[C@@H]1CC[C@H]2CN(Cc3cccc(C(F)(F)F)c3)C[C@H]21)c1ccccc1. The van der Waals surface area contributed by atoms with Crippen molar-refractivity contribution in [3.8, 4) is 0 Å². The van der Waals surface area contributed by atoms with Gasteiger partial charge in [-0.2, -0.15) is 13.2 Å². The van der Waals surface area contributed by atoms with E-state index in [1.54, 1.807) is 6.07 Å². The second-order valence-electron chi connectivity index (χ2n) is 10.7. The molecule has 1 saturated carbocycles. The van der Waals surface area contributed by atoms with Crippen LogP contribution in [-0.4, -0.2) is 29.9 Å². The van der Waals surface area contributed by atoms with Gasteiger partial charge in [0.05, 0.1) is 11.5 Å². The number of halogens is 3. The van der Waals surface area contributed by atoms with Crippen molar-refractivity contribution >= 4 is 5.91 Å². The normalized spacial score (nSPS) is 24.5. The average Bonchev–Trinajstić information content (AvgIpc) is 3.28. The van der Waals surface area contributed by atoms with E-state index in [2.05, 4.69) is 31.0 Å². The van der Waals surface area contributed by atoms with Gasteiger partial charge in [-0.25, -0.2) is 0 Å². The van der Waals surface area contributed by atoms with Gasteiger partial charge >= 0.3 is 6.18 Å². The fourth-order valence-electron chi connectivity index (χ4n) is 5.73. The Kier molecular flexibility index (Phi) is 6.59. The molecule has 0 aromatic heterocycles. The number of benzene rings is 2. The number of nitrogens with zero attached hydrogens (tertiary/aromatic N) is 1. The van der Waals surface area contributed by atoms with Crippen LogP contribution in [0.3, 0.4) is 0 Å². The molecule has 1 saturated heterocycles. The van der Waals surface area contributed by atoms with Crippen LogP contribution in [-0.2, 0) is 17.5 Å². The first kappa shape index (κ1) is 23.8. The average molecular weight is 459 g/mol. The minimum Gasteiger partial charge on any atom is -0.352 e. The van der Waals surface area contributed by atoms with Crippen LogP contribution < -0.4 is 5.32 Å². The third kappa shape index (κ3) is 5.43. The number of amides is 1. The fraction of sp³-hybridized carbons (Fsp3) is 0.519. The van der Waals surface area contributed by atoms with E-state index in [1.807, 2.05) is 30.3 Å². The molecule has 4 rings (SSSR count). The van der Waals surface area contributed by atoms with E-state index in [-0.39, 0.29) is 23.3 Å². The van der Waals surface area contributed by atoms with Crippen LogP contribution in [0.1, 0.15) is 56.2 Å². The molecule has 0 bridgehead atoms. The zero-order valence-corrected chi connectivity index (χ0v) is 19.5. The summed E-state index contributed by atoms with van der Waals surface area (Å²) in [7, 11) is 0. The van der Waals surface area contributed by atoms with Crippen molar-refractivity contribution in [1.82, 2.24) is 10.2 Å². The Morgan fingerprint density at radius 2 is 1.76 bits per heavy atom. The molecular formula is C27H33F3N2O. The quantitative estimate of drug-likeness (QED) is 0.609. The lowest BCUT2D eigenvalue weighted by Crippen LogP contribution is -2.44. The van der Waals surface area contributed by atoms with Gasteiger partial charge in [-0.1, -0.05) is 69.3 Å². The third-order valence-corrected chi connectivity index (χ3v) is 7.18. The number of carbonyl (C=O) groups is 1. The van der Waals surface area contributed by atoms with Crippen molar-refractivity contribution in [1.29, 1.82) is 0 Å². The molecule has 33 heavy (non-hydrogen) atoms. The summed E-state index contributed by atoms with van der Waals surface area (Å²) in [6, 6.07) is 15.6. The first-order chi connectivity index (χ1) is 15.5. The van der Waals surface area contributed by atoms with Crippen molar-refractivity contribution in [2.45, 2.75) is 58.3 Å². The van der Waals surface area contributed by atoms with E-state index in [1.165, 1.54) is 12.1 Å². The molecule has 2 fully saturated rings. The molecule has 1 heterocycles. The largest absolute Gasteiger partial charge is 0.416 e. The monoisotopic (exact) mass is 458 g/mol. The van der Waals surface area contributed by atoms with Crippen LogP contribution in [0.2, 0.25) is 0 Å². The Morgan fingerprint density at radius 3 is 2.42 bits per heavy atom. The van der Waals surface area contributed by atoms with E-state index in [0.717, 1.165) is 37.6 Å². The van der Waals surface area contributed by atoms with Gasteiger partial charge in [0.2, 0.25) is 5.91 Å². The summed E-state index contributed by atoms with van der Waals surface area (Å²) in [4.78, 5) is 15.6. The molecule has 2 aliphatic rings. The van der Waals surface area contributed by atoms with Gasteiger partial charge < -0.3 is 5.32 Å². The summed E-state index contributed by atoms with van der Waals surface area (Å²) in [5, 5.41) is 3.35. The summed E-state index contributed by atoms with van der Waals surface area (Å²) < 4.78 is 39.2. The van der Waals surface area contributed by atoms with Crippen LogP contribution in [0.4, 0.5) is 13.2 Å². The van der Waals surface area contributed by atoms with Crippen molar-refractivity contribution in [2.24, 2.45) is 17.3 Å². The number of alkyl halides is 3. The van der Waals surface area contributed by atoms with Crippen molar-refractivity contribution in [3.05, 3.63) is 71.3 Å². The Morgan fingerprint density at radius 1 is 1.03 bits per heavy atom. The first-order valence-electron chi connectivity index (χ1n) is 11.8. The van der Waals surface area contributed by atoms with Gasteiger partial charge in [0.25, 0.3) is 0 Å². The van der Waals surface area contributed by atoms with Crippen molar-refractivity contribution < 1.29 is 18.0 Å². The lowest BCUT2D eigenvalue weighted by Gasteiger charge is -2.32. The molecule has 6 heteroatoms. The Bertz CT molecular complexity index is 967. The zero-order chi connectivity index (χ0) is 23.8. The molecule has 0 spiro atoms. The topological polar surface area (TPSA) is 32.3 Å². The smallest absolute Gasteiger partial charge is 0.352 e. The molecule has 2 aromatic carbocycles. The number of rotatable bonds is 5. The summed E-state index contributed by atoms with van der Waals surface area (Å²) >= 11 is 0. The molecule has 1 aliphatic heterocycles. The second-order valence-corrected chi connectivity index (χ2v) is 10.7. The minimum atomic E-state index is -4.32. The number of fused-ring (bicyclic) bond motifs is 1. The molecule has 0 radical (unpaired) electrons. The van der Waals surface area contributed by atoms with E-state index < -0.39 is 11.7 Å². The number of likely N-dealkylation sites (tertiary alicyclic amines) is 1. The highest BCUT2D eigenvalue weighted by Gasteiger charge is 2.44. The summed E-state index contributed by atoms with van der Waals surface area (Å²) in [6.45, 7) is 8.45. The standard InChI is InChI=1S/C27H33F3N2O/c1-26(2,3)24(19-9-5-4-6-10-19)25(33)31-23-13-12-20-16-32(17-22(20)23)15-18-8-7-11-21(14-18)27(28,29)30/h4-11,14,20,22-24H,12-13,15-17H2,1-3H3,(H,31,33)/t20-,22+,23+,24?/m0/s1. The van der Waals surface area contributed by atoms with Gasteiger partial charge in [-0.15, -0.1) is 0 Å². The maximum absolute atomic E-state index is 13.4. The molecule has 1 N–H and O–H groups in total. The molecule has 4 atom stereocenters. The lowest BCUT2D eigenvalue weighted by atomic mass is 9.75. The number of hydrogen-bond acceptors (Lipinski definition) is 2. The van der Waals surface area contributed by atoms with Gasteiger partial charge in [0, 0.05) is 25.7 Å². The third-order valence-electron chi connectivity index (χ3n) is 7.18. The molecule has 178 valence electrons. The van der Waals surface area contributed by atoms with Gasteiger partial charge in [-0.05, 0) is 47.3 Å².